The highest BCUT2D eigenvalue weighted by Gasteiger charge is 2.41. The Labute approximate surface area is 111 Å². The first-order valence-corrected chi connectivity index (χ1v) is 6.62. The van der Waals surface area contributed by atoms with Gasteiger partial charge in [0.05, 0.1) is 12.2 Å². The van der Waals surface area contributed by atoms with Gasteiger partial charge in [-0.3, -0.25) is 0 Å². The van der Waals surface area contributed by atoms with Gasteiger partial charge in [-0.25, -0.2) is 9.18 Å². The van der Waals surface area contributed by atoms with Gasteiger partial charge in [0, 0.05) is 18.8 Å². The fourth-order valence-electron chi connectivity index (χ4n) is 2.67. The third kappa shape index (κ3) is 2.56. The second-order valence-corrected chi connectivity index (χ2v) is 5.21. The second kappa shape index (κ2) is 4.81. The summed E-state index contributed by atoms with van der Waals surface area (Å²) in [6.07, 6.45) is 2.89. The first-order valence-electron chi connectivity index (χ1n) is 6.62. The van der Waals surface area contributed by atoms with Crippen LogP contribution in [-0.4, -0.2) is 36.2 Å². The lowest BCUT2D eigenvalue weighted by atomic mass is 9.84. The number of rotatable bonds is 1. The van der Waals surface area contributed by atoms with E-state index in [1.165, 1.54) is 12.1 Å². The SMILES string of the molecule is O=C(Nc1cccc(F)c1)N1CCC2(CCO2)CC1. The van der Waals surface area contributed by atoms with Crippen LogP contribution >= 0.6 is 0 Å². The minimum atomic E-state index is -0.349. The van der Waals surface area contributed by atoms with Crippen molar-refractivity contribution < 1.29 is 13.9 Å². The molecule has 2 heterocycles. The predicted octanol–water partition coefficient (Wildman–Crippen LogP) is 2.61. The molecule has 3 rings (SSSR count). The summed E-state index contributed by atoms with van der Waals surface area (Å²) in [5.74, 6) is -0.349. The quantitative estimate of drug-likeness (QED) is 0.847. The number of amides is 2. The van der Waals surface area contributed by atoms with Gasteiger partial charge in [-0.15, -0.1) is 0 Å². The maximum absolute atomic E-state index is 13.0. The van der Waals surface area contributed by atoms with Gasteiger partial charge in [-0.2, -0.15) is 0 Å². The highest BCUT2D eigenvalue weighted by atomic mass is 19.1. The molecule has 102 valence electrons. The Morgan fingerprint density at radius 3 is 2.63 bits per heavy atom. The zero-order valence-electron chi connectivity index (χ0n) is 10.7. The highest BCUT2D eigenvalue weighted by Crippen LogP contribution is 2.36. The lowest BCUT2D eigenvalue weighted by Crippen LogP contribution is -2.54. The molecule has 2 saturated heterocycles. The molecule has 2 aliphatic heterocycles. The van der Waals surface area contributed by atoms with Crippen molar-refractivity contribution >= 4 is 11.7 Å². The zero-order valence-corrected chi connectivity index (χ0v) is 10.7. The number of piperidine rings is 1. The van der Waals surface area contributed by atoms with Crippen molar-refractivity contribution in [3.63, 3.8) is 0 Å². The van der Waals surface area contributed by atoms with Gasteiger partial charge >= 0.3 is 6.03 Å². The monoisotopic (exact) mass is 264 g/mol. The summed E-state index contributed by atoms with van der Waals surface area (Å²) in [7, 11) is 0. The molecular formula is C14H17FN2O2. The fraction of sp³-hybridized carbons (Fsp3) is 0.500. The molecule has 0 saturated carbocycles. The summed E-state index contributed by atoms with van der Waals surface area (Å²) in [4.78, 5) is 13.8. The Morgan fingerprint density at radius 2 is 2.05 bits per heavy atom. The van der Waals surface area contributed by atoms with Crippen LogP contribution in [0.4, 0.5) is 14.9 Å². The van der Waals surface area contributed by atoms with Crippen molar-refractivity contribution in [3.8, 4) is 0 Å². The third-order valence-electron chi connectivity index (χ3n) is 4.00. The molecule has 0 atom stereocenters. The molecular weight excluding hydrogens is 247 g/mol. The molecule has 19 heavy (non-hydrogen) atoms. The summed E-state index contributed by atoms with van der Waals surface area (Å²) in [6, 6.07) is 5.77. The van der Waals surface area contributed by atoms with Crippen LogP contribution in [0, 0.1) is 5.82 Å². The minimum absolute atomic E-state index is 0.0373. The molecule has 0 bridgehead atoms. The molecule has 5 heteroatoms. The number of hydrogen-bond acceptors (Lipinski definition) is 2. The number of carbonyl (C=O) groups is 1. The van der Waals surface area contributed by atoms with E-state index in [0.29, 0.717) is 18.8 Å². The van der Waals surface area contributed by atoms with E-state index in [9.17, 15) is 9.18 Å². The van der Waals surface area contributed by atoms with Crippen molar-refractivity contribution in [2.45, 2.75) is 24.9 Å². The second-order valence-electron chi connectivity index (χ2n) is 5.21. The van der Waals surface area contributed by atoms with Gasteiger partial charge in [0.15, 0.2) is 0 Å². The summed E-state index contributed by atoms with van der Waals surface area (Å²) < 4.78 is 18.6. The Kier molecular flexibility index (Phi) is 3.14. The van der Waals surface area contributed by atoms with Crippen molar-refractivity contribution in [1.29, 1.82) is 0 Å². The first-order chi connectivity index (χ1) is 9.17. The number of hydrogen-bond donors (Lipinski definition) is 1. The minimum Gasteiger partial charge on any atom is -0.375 e. The summed E-state index contributed by atoms with van der Waals surface area (Å²) in [5, 5.41) is 2.72. The van der Waals surface area contributed by atoms with E-state index < -0.39 is 0 Å². The molecule has 1 N–H and O–H groups in total. The average Bonchev–Trinajstić information content (AvgIpc) is 2.37. The molecule has 1 aromatic carbocycles. The van der Waals surface area contributed by atoms with E-state index in [1.54, 1.807) is 17.0 Å². The van der Waals surface area contributed by atoms with Gasteiger partial charge in [0.25, 0.3) is 0 Å². The lowest BCUT2D eigenvalue weighted by molar-refractivity contribution is -0.168. The number of likely N-dealkylation sites (tertiary alicyclic amines) is 1. The number of nitrogens with one attached hydrogen (secondary N) is 1. The Hall–Kier alpha value is -1.62. The number of nitrogens with zero attached hydrogens (tertiary/aromatic N) is 1. The van der Waals surface area contributed by atoms with Gasteiger partial charge < -0.3 is 15.0 Å². The van der Waals surface area contributed by atoms with Crippen LogP contribution < -0.4 is 5.32 Å². The molecule has 0 aromatic heterocycles. The maximum atomic E-state index is 13.0. The maximum Gasteiger partial charge on any atom is 0.321 e. The van der Waals surface area contributed by atoms with Crippen LogP contribution in [0.5, 0.6) is 0 Å². The molecule has 1 spiro atoms. The van der Waals surface area contributed by atoms with Crippen molar-refractivity contribution in [2.24, 2.45) is 0 Å². The van der Waals surface area contributed by atoms with Crippen molar-refractivity contribution in [1.82, 2.24) is 4.90 Å². The van der Waals surface area contributed by atoms with Gasteiger partial charge in [0.1, 0.15) is 5.82 Å². The standard InChI is InChI=1S/C14H17FN2O2/c15-11-2-1-3-12(10-11)16-13(18)17-7-4-14(5-8-17)6-9-19-14/h1-3,10H,4-9H2,(H,16,18). The third-order valence-corrected chi connectivity index (χ3v) is 4.00. The number of anilines is 1. The Morgan fingerprint density at radius 1 is 1.32 bits per heavy atom. The van der Waals surface area contributed by atoms with Crippen LogP contribution in [0.1, 0.15) is 19.3 Å². The summed E-state index contributed by atoms with van der Waals surface area (Å²) in [5.41, 5.74) is 0.528. The smallest absolute Gasteiger partial charge is 0.321 e. The van der Waals surface area contributed by atoms with E-state index >= 15 is 0 Å². The number of benzene rings is 1. The molecule has 1 aromatic rings. The van der Waals surface area contributed by atoms with E-state index in [4.69, 9.17) is 4.74 Å². The summed E-state index contributed by atoms with van der Waals surface area (Å²) >= 11 is 0. The summed E-state index contributed by atoms with van der Waals surface area (Å²) in [6.45, 7) is 2.23. The molecule has 2 fully saturated rings. The molecule has 2 amide bonds. The number of halogens is 1. The average molecular weight is 264 g/mol. The topological polar surface area (TPSA) is 41.6 Å². The van der Waals surface area contributed by atoms with Gasteiger partial charge in [-0.1, -0.05) is 6.07 Å². The molecule has 4 nitrogen and oxygen atoms in total. The normalized spacial score (nSPS) is 21.0. The molecule has 0 aliphatic carbocycles. The fourth-order valence-corrected chi connectivity index (χ4v) is 2.67. The predicted molar refractivity (Wildman–Crippen MR) is 69.5 cm³/mol. The molecule has 0 radical (unpaired) electrons. The van der Waals surface area contributed by atoms with Crippen LogP contribution in [0.25, 0.3) is 0 Å². The van der Waals surface area contributed by atoms with Gasteiger partial charge in [-0.05, 0) is 37.5 Å². The highest BCUT2D eigenvalue weighted by molar-refractivity contribution is 5.89. The molecule has 0 unspecified atom stereocenters. The number of ether oxygens (including phenoxy) is 1. The van der Waals surface area contributed by atoms with E-state index in [0.717, 1.165) is 25.9 Å². The first kappa shape index (κ1) is 12.4. The number of urea groups is 1. The van der Waals surface area contributed by atoms with E-state index in [-0.39, 0.29) is 17.4 Å². The van der Waals surface area contributed by atoms with Crippen LogP contribution in [0.3, 0.4) is 0 Å². The Bertz CT molecular complexity index is 478. The van der Waals surface area contributed by atoms with Gasteiger partial charge in [0.2, 0.25) is 0 Å². The van der Waals surface area contributed by atoms with Crippen LogP contribution in [-0.2, 0) is 4.74 Å². The van der Waals surface area contributed by atoms with E-state index in [1.807, 2.05) is 0 Å². The zero-order chi connectivity index (χ0) is 13.3. The largest absolute Gasteiger partial charge is 0.375 e. The lowest BCUT2D eigenvalue weighted by Gasteiger charge is -2.47. The van der Waals surface area contributed by atoms with Crippen LogP contribution in [0.2, 0.25) is 0 Å². The van der Waals surface area contributed by atoms with Crippen LogP contribution in [0.15, 0.2) is 24.3 Å². The van der Waals surface area contributed by atoms with Crippen molar-refractivity contribution in [3.05, 3.63) is 30.1 Å². The number of carbonyl (C=O) groups excluding carboxylic acids is 1. The molecule has 2 aliphatic rings. The Balaban J connectivity index is 1.56. The van der Waals surface area contributed by atoms with E-state index in [2.05, 4.69) is 5.32 Å². The van der Waals surface area contributed by atoms with Crippen molar-refractivity contribution in [2.75, 3.05) is 25.0 Å².